The van der Waals surface area contributed by atoms with Gasteiger partial charge in [-0.2, -0.15) is 0 Å². The topological polar surface area (TPSA) is 38.8 Å². The second-order valence-electron chi connectivity index (χ2n) is 6.19. The summed E-state index contributed by atoms with van der Waals surface area (Å²) in [5.74, 6) is 1.86. The normalized spacial score (nSPS) is 19.1. The molecule has 0 amide bonds. The minimum Gasteiger partial charge on any atom is -0.486 e. The van der Waals surface area contributed by atoms with Crippen LogP contribution in [0.15, 0.2) is 18.2 Å². The van der Waals surface area contributed by atoms with Crippen molar-refractivity contribution in [3.05, 3.63) is 23.8 Å². The van der Waals surface area contributed by atoms with Gasteiger partial charge in [-0.1, -0.05) is 13.3 Å². The van der Waals surface area contributed by atoms with Crippen molar-refractivity contribution in [2.24, 2.45) is 5.92 Å². The largest absolute Gasteiger partial charge is 0.486 e. The molecule has 0 N–H and O–H groups in total. The van der Waals surface area contributed by atoms with Crippen molar-refractivity contribution in [2.75, 3.05) is 32.8 Å². The van der Waals surface area contributed by atoms with Crippen molar-refractivity contribution in [2.45, 2.75) is 32.6 Å². The summed E-state index contributed by atoms with van der Waals surface area (Å²) in [6, 6.07) is 5.58. The average molecular weight is 303 g/mol. The van der Waals surface area contributed by atoms with Gasteiger partial charge in [-0.15, -0.1) is 0 Å². The zero-order chi connectivity index (χ0) is 15.4. The molecule has 1 saturated heterocycles. The maximum atomic E-state index is 12.7. The van der Waals surface area contributed by atoms with Crippen LogP contribution >= 0.6 is 0 Å². The molecule has 0 radical (unpaired) electrons. The molecule has 1 fully saturated rings. The van der Waals surface area contributed by atoms with E-state index < -0.39 is 0 Å². The first-order valence-corrected chi connectivity index (χ1v) is 8.44. The van der Waals surface area contributed by atoms with Gasteiger partial charge in [0, 0.05) is 11.5 Å². The molecule has 0 saturated carbocycles. The Morgan fingerprint density at radius 1 is 1.18 bits per heavy atom. The van der Waals surface area contributed by atoms with Crippen LogP contribution in [0.1, 0.15) is 43.0 Å². The van der Waals surface area contributed by atoms with E-state index in [9.17, 15) is 4.79 Å². The van der Waals surface area contributed by atoms with Crippen molar-refractivity contribution in [1.82, 2.24) is 4.90 Å². The van der Waals surface area contributed by atoms with Crippen LogP contribution in [0.25, 0.3) is 0 Å². The molecule has 4 heteroatoms. The van der Waals surface area contributed by atoms with Gasteiger partial charge >= 0.3 is 0 Å². The third-order valence-corrected chi connectivity index (χ3v) is 4.61. The number of piperidine rings is 1. The molecule has 0 atom stereocenters. The van der Waals surface area contributed by atoms with Gasteiger partial charge in [0.1, 0.15) is 13.2 Å². The highest BCUT2D eigenvalue weighted by atomic mass is 16.6. The standard InChI is InChI=1S/C18H25NO3/c1-2-3-8-19-9-6-14(7-10-19)18(20)15-4-5-16-17(13-15)22-12-11-21-16/h4-5,13-14H,2-3,6-12H2,1H3. The van der Waals surface area contributed by atoms with Gasteiger partial charge in [-0.05, 0) is 57.1 Å². The number of Topliss-reactive ketones (excluding diaryl/α,β-unsaturated/α-hetero) is 1. The van der Waals surface area contributed by atoms with Crippen molar-refractivity contribution in [1.29, 1.82) is 0 Å². The maximum absolute atomic E-state index is 12.7. The summed E-state index contributed by atoms with van der Waals surface area (Å²) in [7, 11) is 0. The number of carbonyl (C=O) groups excluding carboxylic acids is 1. The molecule has 0 aliphatic carbocycles. The lowest BCUT2D eigenvalue weighted by Gasteiger charge is -2.31. The number of hydrogen-bond donors (Lipinski definition) is 0. The van der Waals surface area contributed by atoms with Crippen molar-refractivity contribution in [3.8, 4) is 11.5 Å². The molecule has 1 aromatic carbocycles. The summed E-state index contributed by atoms with van der Waals surface area (Å²) >= 11 is 0. The molecular formula is C18H25NO3. The molecule has 0 aromatic heterocycles. The third kappa shape index (κ3) is 3.43. The fourth-order valence-electron chi connectivity index (χ4n) is 3.23. The molecule has 3 rings (SSSR count). The summed E-state index contributed by atoms with van der Waals surface area (Å²) in [4.78, 5) is 15.2. The Kier molecular flexibility index (Phi) is 4.98. The zero-order valence-electron chi connectivity index (χ0n) is 13.3. The summed E-state index contributed by atoms with van der Waals surface area (Å²) in [5.41, 5.74) is 0.760. The van der Waals surface area contributed by atoms with E-state index in [1.165, 1.54) is 19.4 Å². The van der Waals surface area contributed by atoms with Crippen molar-refractivity contribution in [3.63, 3.8) is 0 Å². The Morgan fingerprint density at radius 3 is 2.64 bits per heavy atom. The number of ketones is 1. The maximum Gasteiger partial charge on any atom is 0.166 e. The molecule has 0 bridgehead atoms. The van der Waals surface area contributed by atoms with Crippen LogP contribution in [0.5, 0.6) is 11.5 Å². The van der Waals surface area contributed by atoms with Crippen LogP contribution in [-0.2, 0) is 0 Å². The van der Waals surface area contributed by atoms with E-state index in [0.717, 1.165) is 37.2 Å². The minimum atomic E-state index is 0.153. The second-order valence-corrected chi connectivity index (χ2v) is 6.19. The monoisotopic (exact) mass is 303 g/mol. The van der Waals surface area contributed by atoms with E-state index in [1.54, 1.807) is 0 Å². The van der Waals surface area contributed by atoms with Gasteiger partial charge in [0.2, 0.25) is 0 Å². The molecule has 4 nitrogen and oxygen atoms in total. The fourth-order valence-corrected chi connectivity index (χ4v) is 3.23. The Labute approximate surface area is 132 Å². The number of hydrogen-bond acceptors (Lipinski definition) is 4. The number of carbonyl (C=O) groups is 1. The van der Waals surface area contributed by atoms with Crippen LogP contribution in [-0.4, -0.2) is 43.5 Å². The Hall–Kier alpha value is -1.55. The third-order valence-electron chi connectivity index (χ3n) is 4.61. The van der Waals surface area contributed by atoms with Gasteiger partial charge < -0.3 is 14.4 Å². The predicted molar refractivity (Wildman–Crippen MR) is 85.8 cm³/mol. The number of fused-ring (bicyclic) bond motifs is 1. The van der Waals surface area contributed by atoms with E-state index in [0.29, 0.717) is 19.0 Å². The molecule has 120 valence electrons. The van der Waals surface area contributed by atoms with E-state index in [4.69, 9.17) is 9.47 Å². The first kappa shape index (κ1) is 15.3. The molecule has 22 heavy (non-hydrogen) atoms. The van der Waals surface area contributed by atoms with Gasteiger partial charge in [0.15, 0.2) is 17.3 Å². The fraction of sp³-hybridized carbons (Fsp3) is 0.611. The Morgan fingerprint density at radius 2 is 1.91 bits per heavy atom. The highest BCUT2D eigenvalue weighted by Crippen LogP contribution is 2.32. The van der Waals surface area contributed by atoms with E-state index in [2.05, 4.69) is 11.8 Å². The molecular weight excluding hydrogens is 278 g/mol. The molecule has 1 aromatic rings. The highest BCUT2D eigenvalue weighted by molar-refractivity contribution is 5.98. The molecule has 0 unspecified atom stereocenters. The quantitative estimate of drug-likeness (QED) is 0.783. The van der Waals surface area contributed by atoms with Crippen molar-refractivity contribution < 1.29 is 14.3 Å². The summed E-state index contributed by atoms with van der Waals surface area (Å²) < 4.78 is 11.1. The smallest absolute Gasteiger partial charge is 0.166 e. The number of ether oxygens (including phenoxy) is 2. The average Bonchev–Trinajstić information content (AvgIpc) is 2.59. The van der Waals surface area contributed by atoms with Crippen LogP contribution in [0.3, 0.4) is 0 Å². The molecule has 0 spiro atoms. The Balaban J connectivity index is 1.60. The van der Waals surface area contributed by atoms with Crippen LogP contribution in [0.2, 0.25) is 0 Å². The van der Waals surface area contributed by atoms with E-state index in [-0.39, 0.29) is 11.7 Å². The van der Waals surface area contributed by atoms with Crippen LogP contribution < -0.4 is 9.47 Å². The number of likely N-dealkylation sites (tertiary alicyclic amines) is 1. The summed E-state index contributed by atoms with van der Waals surface area (Å²) in [5, 5.41) is 0. The first-order chi connectivity index (χ1) is 10.8. The van der Waals surface area contributed by atoms with E-state index in [1.807, 2.05) is 18.2 Å². The summed E-state index contributed by atoms with van der Waals surface area (Å²) in [6.07, 6.45) is 4.42. The number of rotatable bonds is 5. The number of benzene rings is 1. The predicted octanol–water partition coefficient (Wildman–Crippen LogP) is 3.15. The lowest BCUT2D eigenvalue weighted by atomic mass is 9.88. The second kappa shape index (κ2) is 7.14. The first-order valence-electron chi connectivity index (χ1n) is 8.44. The number of unbranched alkanes of at least 4 members (excludes halogenated alkanes) is 1. The lowest BCUT2D eigenvalue weighted by Crippen LogP contribution is -2.36. The van der Waals surface area contributed by atoms with Gasteiger partial charge in [-0.25, -0.2) is 0 Å². The molecule has 2 aliphatic rings. The molecule has 2 aliphatic heterocycles. The minimum absolute atomic E-state index is 0.153. The lowest BCUT2D eigenvalue weighted by molar-refractivity contribution is 0.0838. The van der Waals surface area contributed by atoms with Crippen LogP contribution in [0.4, 0.5) is 0 Å². The van der Waals surface area contributed by atoms with Crippen LogP contribution in [0, 0.1) is 5.92 Å². The SMILES string of the molecule is CCCCN1CCC(C(=O)c2ccc3c(c2)OCCO3)CC1. The van der Waals surface area contributed by atoms with Crippen molar-refractivity contribution >= 4 is 5.78 Å². The Bertz CT molecular complexity index is 521. The van der Waals surface area contributed by atoms with E-state index >= 15 is 0 Å². The van der Waals surface area contributed by atoms with Gasteiger partial charge in [-0.3, -0.25) is 4.79 Å². The zero-order valence-corrected chi connectivity index (χ0v) is 13.3. The highest BCUT2D eigenvalue weighted by Gasteiger charge is 2.26. The van der Waals surface area contributed by atoms with Gasteiger partial charge in [0.05, 0.1) is 0 Å². The summed E-state index contributed by atoms with van der Waals surface area (Å²) in [6.45, 7) is 6.61. The number of nitrogens with zero attached hydrogens (tertiary/aromatic N) is 1. The molecule has 2 heterocycles. The van der Waals surface area contributed by atoms with Gasteiger partial charge in [0.25, 0.3) is 0 Å².